The van der Waals surface area contributed by atoms with Crippen molar-refractivity contribution in [1.29, 1.82) is 0 Å². The van der Waals surface area contributed by atoms with Gasteiger partial charge in [0.05, 0.1) is 0 Å². The first kappa shape index (κ1) is 10.6. The molecule has 4 nitrogen and oxygen atoms in total. The Balaban J connectivity index is 2.93. The van der Waals surface area contributed by atoms with Crippen molar-refractivity contribution in [3.63, 3.8) is 0 Å². The third-order valence-corrected chi connectivity index (χ3v) is 2.00. The Hall–Kier alpha value is -1.45. The third-order valence-electron chi connectivity index (χ3n) is 2.00. The molecule has 1 atom stereocenters. The Labute approximate surface area is 83.0 Å². The summed E-state index contributed by atoms with van der Waals surface area (Å²) in [4.78, 5) is 19.0. The first-order valence-corrected chi connectivity index (χ1v) is 4.67. The number of hydrogen-bond donors (Lipinski definition) is 1. The molecule has 0 bridgehead atoms. The molecule has 76 valence electrons. The fourth-order valence-corrected chi connectivity index (χ4v) is 1.29. The molecule has 0 fully saturated rings. The van der Waals surface area contributed by atoms with E-state index in [0.717, 1.165) is 12.1 Å². The van der Waals surface area contributed by atoms with Gasteiger partial charge in [0.15, 0.2) is 0 Å². The van der Waals surface area contributed by atoms with E-state index in [1.54, 1.807) is 12.3 Å². The normalized spacial score (nSPS) is 12.4. The van der Waals surface area contributed by atoms with Crippen molar-refractivity contribution >= 4 is 5.97 Å². The van der Waals surface area contributed by atoms with E-state index in [9.17, 15) is 4.79 Å². The lowest BCUT2D eigenvalue weighted by molar-refractivity contribution is -0.139. The minimum atomic E-state index is -0.850. The number of carboxylic acid groups (broad SMARTS) is 1. The van der Waals surface area contributed by atoms with Crippen molar-refractivity contribution in [3.8, 4) is 0 Å². The maximum Gasteiger partial charge on any atom is 0.314 e. The number of aliphatic carboxylic acids is 1. The molecule has 0 amide bonds. The topological polar surface area (TPSA) is 63.1 Å². The first-order valence-electron chi connectivity index (χ1n) is 4.67. The molecule has 14 heavy (non-hydrogen) atoms. The summed E-state index contributed by atoms with van der Waals surface area (Å²) < 4.78 is 0. The van der Waals surface area contributed by atoms with Gasteiger partial charge in [0.25, 0.3) is 0 Å². The minimum absolute atomic E-state index is 0.416. The molecule has 0 spiro atoms. The van der Waals surface area contributed by atoms with Crippen LogP contribution in [0.2, 0.25) is 0 Å². The zero-order valence-electron chi connectivity index (χ0n) is 8.40. The van der Waals surface area contributed by atoms with E-state index in [0.29, 0.717) is 12.2 Å². The van der Waals surface area contributed by atoms with Gasteiger partial charge in [-0.3, -0.25) is 4.79 Å². The first-order chi connectivity index (χ1) is 6.65. The van der Waals surface area contributed by atoms with Crippen LogP contribution in [-0.2, 0) is 4.79 Å². The Kier molecular flexibility index (Phi) is 3.56. The van der Waals surface area contributed by atoms with E-state index in [1.807, 2.05) is 13.8 Å². The van der Waals surface area contributed by atoms with Crippen molar-refractivity contribution in [2.75, 3.05) is 0 Å². The van der Waals surface area contributed by atoms with Gasteiger partial charge in [0.2, 0.25) is 0 Å². The molecule has 4 heteroatoms. The molecular formula is C10H14N2O2. The number of nitrogens with zero attached hydrogens (tertiary/aromatic N) is 2. The van der Waals surface area contributed by atoms with E-state index >= 15 is 0 Å². The Morgan fingerprint density at radius 1 is 1.64 bits per heavy atom. The van der Waals surface area contributed by atoms with Gasteiger partial charge < -0.3 is 5.11 Å². The summed E-state index contributed by atoms with van der Waals surface area (Å²) in [5.41, 5.74) is 0.803. The second-order valence-electron chi connectivity index (χ2n) is 3.24. The number of hydrogen-bond acceptors (Lipinski definition) is 3. The number of rotatable bonds is 4. The van der Waals surface area contributed by atoms with Crippen LogP contribution in [-0.4, -0.2) is 21.0 Å². The van der Waals surface area contributed by atoms with Gasteiger partial charge in [-0.15, -0.1) is 0 Å². The van der Waals surface area contributed by atoms with Crippen molar-refractivity contribution < 1.29 is 9.90 Å². The highest BCUT2D eigenvalue weighted by Gasteiger charge is 2.21. The minimum Gasteiger partial charge on any atom is -0.481 e. The zero-order chi connectivity index (χ0) is 10.6. The van der Waals surface area contributed by atoms with Crippen LogP contribution in [0.5, 0.6) is 0 Å². The van der Waals surface area contributed by atoms with Crippen molar-refractivity contribution in [1.82, 2.24) is 9.97 Å². The van der Waals surface area contributed by atoms with Crippen LogP contribution in [0.15, 0.2) is 12.3 Å². The lowest BCUT2D eigenvalue weighted by Crippen LogP contribution is -2.14. The van der Waals surface area contributed by atoms with E-state index in [4.69, 9.17) is 5.11 Å². The molecular weight excluding hydrogens is 180 g/mol. The molecule has 0 aromatic carbocycles. The molecule has 0 saturated heterocycles. The lowest BCUT2D eigenvalue weighted by Gasteiger charge is -2.09. The molecule has 0 aliphatic heterocycles. The van der Waals surface area contributed by atoms with Gasteiger partial charge in [-0.25, -0.2) is 9.97 Å². The average molecular weight is 194 g/mol. The third kappa shape index (κ3) is 2.52. The summed E-state index contributed by atoms with van der Waals surface area (Å²) in [5.74, 6) is -1.00. The van der Waals surface area contributed by atoms with E-state index in [1.165, 1.54) is 0 Å². The van der Waals surface area contributed by atoms with Gasteiger partial charge in [-0.1, -0.05) is 13.3 Å². The summed E-state index contributed by atoms with van der Waals surface area (Å²) in [6.07, 6.45) is 3.00. The van der Waals surface area contributed by atoms with Gasteiger partial charge in [0.1, 0.15) is 11.7 Å². The van der Waals surface area contributed by atoms with Crippen LogP contribution in [0.3, 0.4) is 0 Å². The maximum atomic E-state index is 10.9. The standard InChI is InChI=1S/C10H14N2O2/c1-3-4-8(10(13)14)9-11-6-5-7(2)12-9/h5-6,8H,3-4H2,1-2H3,(H,13,14). The number of aryl methyl sites for hydroxylation is 1. The molecule has 1 rings (SSSR count). The van der Waals surface area contributed by atoms with Crippen molar-refractivity contribution in [3.05, 3.63) is 23.8 Å². The van der Waals surface area contributed by atoms with Gasteiger partial charge >= 0.3 is 5.97 Å². The highest BCUT2D eigenvalue weighted by Crippen LogP contribution is 2.17. The molecule has 0 aliphatic rings. The molecule has 1 unspecified atom stereocenters. The van der Waals surface area contributed by atoms with Crippen molar-refractivity contribution in [2.45, 2.75) is 32.6 Å². The van der Waals surface area contributed by atoms with Crippen LogP contribution in [0.1, 0.15) is 37.2 Å². The molecule has 1 heterocycles. The lowest BCUT2D eigenvalue weighted by atomic mass is 10.0. The Morgan fingerprint density at radius 2 is 2.36 bits per heavy atom. The van der Waals surface area contributed by atoms with E-state index < -0.39 is 11.9 Å². The van der Waals surface area contributed by atoms with E-state index in [2.05, 4.69) is 9.97 Å². The number of aromatic nitrogens is 2. The number of carbonyl (C=O) groups is 1. The monoisotopic (exact) mass is 194 g/mol. The molecule has 1 aromatic rings. The summed E-state index contributed by atoms with van der Waals surface area (Å²) in [6, 6.07) is 1.76. The molecule has 0 aliphatic carbocycles. The second kappa shape index (κ2) is 4.69. The maximum absolute atomic E-state index is 10.9. The number of carboxylic acids is 1. The van der Waals surface area contributed by atoms with Gasteiger partial charge in [-0.2, -0.15) is 0 Å². The predicted octanol–water partition coefficient (Wildman–Crippen LogP) is 1.75. The fourth-order valence-electron chi connectivity index (χ4n) is 1.29. The quantitative estimate of drug-likeness (QED) is 0.793. The largest absolute Gasteiger partial charge is 0.481 e. The van der Waals surface area contributed by atoms with Crippen LogP contribution < -0.4 is 0 Å². The summed E-state index contributed by atoms with van der Waals surface area (Å²) in [5, 5.41) is 8.97. The fraction of sp³-hybridized carbons (Fsp3) is 0.500. The van der Waals surface area contributed by atoms with Gasteiger partial charge in [-0.05, 0) is 19.4 Å². The highest BCUT2D eigenvalue weighted by molar-refractivity contribution is 5.74. The molecule has 1 aromatic heterocycles. The smallest absolute Gasteiger partial charge is 0.314 e. The van der Waals surface area contributed by atoms with Crippen LogP contribution >= 0.6 is 0 Å². The molecule has 1 N–H and O–H groups in total. The van der Waals surface area contributed by atoms with Crippen LogP contribution in [0.4, 0.5) is 0 Å². The Morgan fingerprint density at radius 3 is 2.86 bits per heavy atom. The predicted molar refractivity (Wildman–Crippen MR) is 52.1 cm³/mol. The summed E-state index contributed by atoms with van der Waals surface area (Å²) >= 11 is 0. The SMILES string of the molecule is CCCC(C(=O)O)c1nccc(C)n1. The average Bonchev–Trinajstić information content (AvgIpc) is 2.13. The zero-order valence-corrected chi connectivity index (χ0v) is 8.40. The van der Waals surface area contributed by atoms with Gasteiger partial charge in [0, 0.05) is 11.9 Å². The second-order valence-corrected chi connectivity index (χ2v) is 3.24. The highest BCUT2D eigenvalue weighted by atomic mass is 16.4. The molecule has 0 saturated carbocycles. The summed E-state index contributed by atoms with van der Waals surface area (Å²) in [6.45, 7) is 3.78. The summed E-state index contributed by atoms with van der Waals surface area (Å²) in [7, 11) is 0. The molecule has 0 radical (unpaired) electrons. The van der Waals surface area contributed by atoms with Crippen molar-refractivity contribution in [2.24, 2.45) is 0 Å². The van der Waals surface area contributed by atoms with Crippen LogP contribution in [0, 0.1) is 6.92 Å². The van der Waals surface area contributed by atoms with E-state index in [-0.39, 0.29) is 0 Å². The Bertz CT molecular complexity index is 326. The van der Waals surface area contributed by atoms with Crippen LogP contribution in [0.25, 0.3) is 0 Å².